The molecule has 0 atom stereocenters. The number of rotatable bonds is 2. The molecule has 10 nitrogen and oxygen atoms in total. The molecule has 1 aliphatic carbocycles. The van der Waals surface area contributed by atoms with Crippen LogP contribution in [0.1, 0.15) is 37.2 Å². The third-order valence-corrected chi connectivity index (χ3v) is 6.49. The van der Waals surface area contributed by atoms with E-state index in [9.17, 15) is 39.5 Å². The van der Waals surface area contributed by atoms with Gasteiger partial charge in [0.2, 0.25) is 0 Å². The molecule has 41 heavy (non-hydrogen) atoms. The summed E-state index contributed by atoms with van der Waals surface area (Å²) in [4.78, 5) is 36.7. The number of aromatic nitrogens is 2. The maximum absolute atomic E-state index is 10.6. The van der Waals surface area contributed by atoms with Gasteiger partial charge in [0.1, 0.15) is 5.82 Å². The zero-order chi connectivity index (χ0) is 32.0. The van der Waals surface area contributed by atoms with Gasteiger partial charge in [-0.15, -0.1) is 0 Å². The van der Waals surface area contributed by atoms with E-state index in [1.54, 1.807) is 0 Å². The van der Waals surface area contributed by atoms with Crippen molar-refractivity contribution in [3.8, 4) is 0 Å². The van der Waals surface area contributed by atoms with Crippen LogP contribution >= 0.6 is 0 Å². The topological polar surface area (TPSA) is 136 Å². The summed E-state index contributed by atoms with van der Waals surface area (Å²) in [6.07, 6.45) is -7.78. The molecular formula is C22H29F9N4O6. The van der Waals surface area contributed by atoms with Crippen LogP contribution in [0.5, 0.6) is 0 Å². The van der Waals surface area contributed by atoms with Crippen molar-refractivity contribution in [3.05, 3.63) is 17.7 Å². The molecule has 1 saturated heterocycles. The summed E-state index contributed by atoms with van der Waals surface area (Å²) in [6.45, 7) is 8.28. The molecule has 3 heterocycles. The van der Waals surface area contributed by atoms with E-state index in [0.29, 0.717) is 0 Å². The fourth-order valence-corrected chi connectivity index (χ4v) is 4.13. The second-order valence-electron chi connectivity index (χ2n) is 9.48. The first-order valence-electron chi connectivity index (χ1n) is 11.9. The molecule has 2 fully saturated rings. The number of nitrogens with zero attached hydrogens (tertiary/aromatic N) is 4. The van der Waals surface area contributed by atoms with Crippen molar-refractivity contribution in [2.45, 2.75) is 63.2 Å². The third-order valence-electron chi connectivity index (χ3n) is 6.49. The number of carboxylic acids is 3. The summed E-state index contributed by atoms with van der Waals surface area (Å²) < 4.78 is 97.7. The molecule has 0 radical (unpaired) electrons. The first kappa shape index (κ1) is 35.9. The lowest BCUT2D eigenvalue weighted by atomic mass is 9.83. The summed E-state index contributed by atoms with van der Waals surface area (Å²) in [5.41, 5.74) is 1.53. The van der Waals surface area contributed by atoms with Gasteiger partial charge in [-0.3, -0.25) is 4.90 Å². The van der Waals surface area contributed by atoms with Crippen LogP contribution in [0.3, 0.4) is 0 Å². The van der Waals surface area contributed by atoms with Gasteiger partial charge in [-0.1, -0.05) is 0 Å². The number of hydrogen-bond donors (Lipinski definition) is 3. The van der Waals surface area contributed by atoms with Crippen molar-refractivity contribution >= 4 is 17.9 Å². The number of likely N-dealkylation sites (N-methyl/N-ethyl adjacent to an activating group) is 1. The first-order valence-corrected chi connectivity index (χ1v) is 11.9. The SMILES string of the molecule is Cc1cnc2n1CCN(C)C21CCN(CC2CC2)CC1.O=C(O)C(F)(F)F.O=C(O)C(F)(F)F.O=C(O)C(F)(F)F. The Kier molecular flexibility index (Phi) is 12.0. The molecule has 1 spiro atoms. The predicted molar refractivity (Wildman–Crippen MR) is 121 cm³/mol. The second kappa shape index (κ2) is 13.7. The van der Waals surface area contributed by atoms with Gasteiger partial charge in [0.25, 0.3) is 0 Å². The van der Waals surface area contributed by atoms with E-state index in [0.717, 1.165) is 19.0 Å². The lowest BCUT2D eigenvalue weighted by Gasteiger charge is -2.49. The van der Waals surface area contributed by atoms with Crippen LogP contribution < -0.4 is 0 Å². The fraction of sp³-hybridized carbons (Fsp3) is 0.727. The number of likely N-dealkylation sites (tertiary alicyclic amines) is 1. The molecule has 1 aromatic heterocycles. The number of aliphatic carboxylic acids is 3. The van der Waals surface area contributed by atoms with Gasteiger partial charge in [0.05, 0.1) is 5.54 Å². The van der Waals surface area contributed by atoms with Crippen LogP contribution in [0.4, 0.5) is 39.5 Å². The number of halogens is 9. The van der Waals surface area contributed by atoms with E-state index in [-0.39, 0.29) is 5.54 Å². The van der Waals surface area contributed by atoms with E-state index in [1.165, 1.54) is 56.8 Å². The normalized spacial score (nSPS) is 18.9. The summed E-state index contributed by atoms with van der Waals surface area (Å²) in [5.74, 6) is -5.93. The van der Waals surface area contributed by atoms with Crippen molar-refractivity contribution in [1.82, 2.24) is 19.4 Å². The molecule has 0 aromatic carbocycles. The predicted octanol–water partition coefficient (Wildman–Crippen LogP) is 3.74. The summed E-state index contributed by atoms with van der Waals surface area (Å²) in [6, 6.07) is 0. The lowest BCUT2D eigenvalue weighted by molar-refractivity contribution is -0.193. The molecule has 2 aliphatic heterocycles. The second-order valence-corrected chi connectivity index (χ2v) is 9.48. The average molecular weight is 616 g/mol. The van der Waals surface area contributed by atoms with Gasteiger partial charge < -0.3 is 24.8 Å². The number of hydrogen-bond acceptors (Lipinski definition) is 6. The standard InChI is InChI=1S/C16H26N4.3C2HF3O2/c1-13-11-17-15-16(18(2)9-10-20(13)15)5-7-19(8-6-16)12-14-3-4-14;3*3-2(4,5)1(6)7/h11,14H,3-10,12H2,1-2H3;3*(H,6,7). The van der Waals surface area contributed by atoms with Crippen LogP contribution in [0.15, 0.2) is 6.20 Å². The molecule has 3 N–H and O–H groups in total. The molecule has 3 aliphatic rings. The lowest BCUT2D eigenvalue weighted by Crippen LogP contribution is -2.56. The number of carbonyl (C=O) groups is 3. The van der Waals surface area contributed by atoms with E-state index in [4.69, 9.17) is 34.7 Å². The van der Waals surface area contributed by atoms with Gasteiger partial charge in [0.15, 0.2) is 0 Å². The summed E-state index contributed by atoms with van der Waals surface area (Å²) >= 11 is 0. The van der Waals surface area contributed by atoms with Gasteiger partial charge in [0, 0.05) is 44.6 Å². The van der Waals surface area contributed by atoms with Gasteiger partial charge in [-0.05, 0) is 45.6 Å². The smallest absolute Gasteiger partial charge is 0.475 e. The van der Waals surface area contributed by atoms with E-state index in [1.807, 2.05) is 0 Å². The molecule has 1 saturated carbocycles. The summed E-state index contributed by atoms with van der Waals surface area (Å²) in [7, 11) is 2.30. The number of carboxylic acid groups (broad SMARTS) is 3. The van der Waals surface area contributed by atoms with E-state index < -0.39 is 36.4 Å². The van der Waals surface area contributed by atoms with Crippen LogP contribution in [0.2, 0.25) is 0 Å². The van der Waals surface area contributed by atoms with Crippen molar-refractivity contribution in [2.24, 2.45) is 5.92 Å². The molecule has 4 rings (SSSR count). The number of imidazole rings is 1. The van der Waals surface area contributed by atoms with Crippen LogP contribution in [-0.2, 0) is 26.5 Å². The monoisotopic (exact) mass is 616 g/mol. The minimum Gasteiger partial charge on any atom is -0.475 e. The Labute approximate surface area is 227 Å². The maximum Gasteiger partial charge on any atom is 0.490 e. The Morgan fingerprint density at radius 2 is 1.22 bits per heavy atom. The summed E-state index contributed by atoms with van der Waals surface area (Å²) in [5, 5.41) is 21.4. The fourth-order valence-electron chi connectivity index (χ4n) is 4.13. The van der Waals surface area contributed by atoms with Crippen LogP contribution in [-0.4, -0.2) is 104 Å². The molecule has 19 heteroatoms. The maximum atomic E-state index is 10.6. The minimum absolute atomic E-state index is 0.201. The van der Waals surface area contributed by atoms with E-state index in [2.05, 4.69) is 34.5 Å². The molecule has 0 amide bonds. The van der Waals surface area contributed by atoms with Crippen molar-refractivity contribution in [3.63, 3.8) is 0 Å². The zero-order valence-electron chi connectivity index (χ0n) is 21.8. The largest absolute Gasteiger partial charge is 0.490 e. The highest BCUT2D eigenvalue weighted by atomic mass is 19.4. The molecule has 0 unspecified atom stereocenters. The highest BCUT2D eigenvalue weighted by Gasteiger charge is 2.46. The van der Waals surface area contributed by atoms with Crippen molar-refractivity contribution in [1.29, 1.82) is 0 Å². The van der Waals surface area contributed by atoms with Crippen molar-refractivity contribution in [2.75, 3.05) is 33.2 Å². The molecule has 236 valence electrons. The molecule has 0 bridgehead atoms. The van der Waals surface area contributed by atoms with Crippen LogP contribution in [0.25, 0.3) is 0 Å². The molecular weight excluding hydrogens is 587 g/mol. The minimum atomic E-state index is -5.08. The Morgan fingerprint density at radius 3 is 1.56 bits per heavy atom. The highest BCUT2D eigenvalue weighted by molar-refractivity contribution is 5.73. The number of piperidine rings is 1. The Bertz CT molecular complexity index is 987. The van der Waals surface area contributed by atoms with Gasteiger partial charge >= 0.3 is 36.4 Å². The third kappa shape index (κ3) is 11.0. The Hall–Kier alpha value is -3.09. The van der Waals surface area contributed by atoms with Crippen molar-refractivity contribution < 1.29 is 69.2 Å². The number of fused-ring (bicyclic) bond motifs is 2. The highest BCUT2D eigenvalue weighted by Crippen LogP contribution is 2.41. The zero-order valence-corrected chi connectivity index (χ0v) is 21.8. The number of aryl methyl sites for hydroxylation is 1. The van der Waals surface area contributed by atoms with Crippen LogP contribution in [0, 0.1) is 12.8 Å². The Morgan fingerprint density at radius 1 is 0.829 bits per heavy atom. The quantitative estimate of drug-likeness (QED) is 0.425. The molecule has 1 aromatic rings. The average Bonchev–Trinajstić information content (AvgIpc) is 3.56. The Balaban J connectivity index is 0.000000333. The van der Waals surface area contributed by atoms with E-state index >= 15 is 0 Å². The van der Waals surface area contributed by atoms with Gasteiger partial charge in [-0.25, -0.2) is 19.4 Å². The first-order chi connectivity index (χ1) is 18.5. The number of alkyl halides is 9. The van der Waals surface area contributed by atoms with Gasteiger partial charge in [-0.2, -0.15) is 39.5 Å².